The second-order valence-electron chi connectivity index (χ2n) is 5.25. The highest BCUT2D eigenvalue weighted by atomic mass is 32.1. The molecule has 0 spiro atoms. The van der Waals surface area contributed by atoms with Crippen molar-refractivity contribution >= 4 is 40.5 Å². The smallest absolute Gasteiger partial charge is 0.336 e. The molecular formula is C15H14N4O3S. The predicted octanol–water partition coefficient (Wildman–Crippen LogP) is 2.63. The third-order valence-electron chi connectivity index (χ3n) is 3.24. The summed E-state index contributed by atoms with van der Waals surface area (Å²) in [5.74, 6) is -0.565. The van der Waals surface area contributed by atoms with Gasteiger partial charge in [0.25, 0.3) is 5.56 Å². The second kappa shape index (κ2) is 5.81. The summed E-state index contributed by atoms with van der Waals surface area (Å²) >= 11 is 1.31. The Kier molecular flexibility index (Phi) is 3.83. The van der Waals surface area contributed by atoms with Crippen molar-refractivity contribution in [2.24, 2.45) is 0 Å². The number of fused-ring (bicyclic) bond motifs is 1. The molecular weight excluding hydrogens is 316 g/mol. The van der Waals surface area contributed by atoms with Gasteiger partial charge in [0, 0.05) is 16.3 Å². The fourth-order valence-corrected chi connectivity index (χ4v) is 2.90. The van der Waals surface area contributed by atoms with E-state index in [9.17, 15) is 9.59 Å². The Hall–Kier alpha value is -2.74. The number of rotatable bonds is 4. The maximum absolute atomic E-state index is 12.1. The first-order valence-electron chi connectivity index (χ1n) is 6.93. The van der Waals surface area contributed by atoms with E-state index in [0.29, 0.717) is 16.9 Å². The van der Waals surface area contributed by atoms with Crippen LogP contribution < -0.4 is 5.56 Å². The van der Waals surface area contributed by atoms with E-state index in [1.165, 1.54) is 17.5 Å². The minimum atomic E-state index is -0.963. The van der Waals surface area contributed by atoms with Gasteiger partial charge in [-0.05, 0) is 32.1 Å². The molecule has 0 radical (unpaired) electrons. The lowest BCUT2D eigenvalue weighted by molar-refractivity contribution is 0.0697. The molecule has 0 saturated heterocycles. The zero-order valence-corrected chi connectivity index (χ0v) is 13.3. The summed E-state index contributed by atoms with van der Waals surface area (Å²) in [6.45, 7) is 3.92. The van der Waals surface area contributed by atoms with Gasteiger partial charge in [-0.1, -0.05) is 0 Å². The average Bonchev–Trinajstić information content (AvgIpc) is 3.12. The summed E-state index contributed by atoms with van der Waals surface area (Å²) in [7, 11) is 0. The molecule has 0 unspecified atom stereocenters. The van der Waals surface area contributed by atoms with E-state index in [4.69, 9.17) is 5.11 Å². The lowest BCUT2D eigenvalue weighted by atomic mass is 10.3. The maximum Gasteiger partial charge on any atom is 0.336 e. The number of carbonyl (C=O) groups is 1. The average molecular weight is 330 g/mol. The summed E-state index contributed by atoms with van der Waals surface area (Å²) in [6.07, 6.45) is 4.88. The third kappa shape index (κ3) is 2.93. The number of nitrogens with one attached hydrogen (secondary N) is 1. The van der Waals surface area contributed by atoms with Gasteiger partial charge in [0.15, 0.2) is 5.65 Å². The zero-order chi connectivity index (χ0) is 16.6. The monoisotopic (exact) mass is 330 g/mol. The number of aromatic carboxylic acids is 1. The Morgan fingerprint density at radius 1 is 1.43 bits per heavy atom. The minimum Gasteiger partial charge on any atom is -0.478 e. The van der Waals surface area contributed by atoms with Gasteiger partial charge >= 0.3 is 5.97 Å². The Balaban J connectivity index is 1.99. The number of aromatic amines is 1. The number of carboxylic acids is 1. The van der Waals surface area contributed by atoms with E-state index >= 15 is 0 Å². The number of aromatic nitrogens is 4. The fraction of sp³-hybridized carbons (Fsp3) is 0.200. The molecule has 0 aliphatic rings. The molecule has 23 heavy (non-hydrogen) atoms. The van der Waals surface area contributed by atoms with Crippen LogP contribution in [-0.2, 0) is 0 Å². The summed E-state index contributed by atoms with van der Waals surface area (Å²) in [5.41, 5.74) is 0.518. The topological polar surface area (TPSA) is 101 Å². The van der Waals surface area contributed by atoms with Crippen molar-refractivity contribution in [1.82, 2.24) is 19.7 Å². The zero-order valence-electron chi connectivity index (χ0n) is 12.5. The quantitative estimate of drug-likeness (QED) is 0.766. The van der Waals surface area contributed by atoms with Crippen LogP contribution in [0.25, 0.3) is 23.2 Å². The molecule has 0 aromatic carbocycles. The highest BCUT2D eigenvalue weighted by Gasteiger charge is 2.11. The minimum absolute atomic E-state index is 0.0917. The van der Waals surface area contributed by atoms with Crippen LogP contribution in [0.2, 0.25) is 0 Å². The summed E-state index contributed by atoms with van der Waals surface area (Å²) in [4.78, 5) is 30.8. The normalized spacial score (nSPS) is 11.8. The molecule has 3 rings (SSSR count). The largest absolute Gasteiger partial charge is 0.478 e. The van der Waals surface area contributed by atoms with E-state index in [1.807, 2.05) is 13.8 Å². The van der Waals surface area contributed by atoms with Gasteiger partial charge in [-0.15, -0.1) is 11.3 Å². The lowest BCUT2D eigenvalue weighted by Gasteiger charge is -2.05. The van der Waals surface area contributed by atoms with E-state index in [1.54, 1.807) is 28.3 Å². The SMILES string of the molecule is CC(C)n1ncc2c(=O)[nH]c(/C=C/c3cc(C(=O)O)cs3)nc21. The molecule has 0 amide bonds. The van der Waals surface area contributed by atoms with Crippen LogP contribution in [-0.4, -0.2) is 30.8 Å². The number of nitrogens with zero attached hydrogens (tertiary/aromatic N) is 3. The first-order valence-corrected chi connectivity index (χ1v) is 7.81. The number of carboxylic acid groups (broad SMARTS) is 1. The van der Waals surface area contributed by atoms with Gasteiger partial charge in [0.1, 0.15) is 11.2 Å². The summed E-state index contributed by atoms with van der Waals surface area (Å²) in [5, 5.41) is 15.1. The Bertz CT molecular complexity index is 965. The van der Waals surface area contributed by atoms with Crippen LogP contribution in [0.5, 0.6) is 0 Å². The van der Waals surface area contributed by atoms with Crippen molar-refractivity contribution in [3.63, 3.8) is 0 Å². The van der Waals surface area contributed by atoms with Crippen molar-refractivity contribution in [3.8, 4) is 0 Å². The highest BCUT2D eigenvalue weighted by molar-refractivity contribution is 7.11. The molecule has 0 bridgehead atoms. The molecule has 0 fully saturated rings. The van der Waals surface area contributed by atoms with E-state index in [-0.39, 0.29) is 17.2 Å². The van der Waals surface area contributed by atoms with Crippen molar-refractivity contribution in [3.05, 3.63) is 44.3 Å². The van der Waals surface area contributed by atoms with Gasteiger partial charge in [0.05, 0.1) is 11.8 Å². The van der Waals surface area contributed by atoms with Crippen LogP contribution in [0.15, 0.2) is 22.4 Å². The van der Waals surface area contributed by atoms with Crippen LogP contribution in [0, 0.1) is 0 Å². The number of thiophene rings is 1. The summed E-state index contributed by atoms with van der Waals surface area (Å²) in [6, 6.07) is 1.66. The molecule has 0 aliphatic carbocycles. The third-order valence-corrected chi connectivity index (χ3v) is 4.14. The highest BCUT2D eigenvalue weighted by Crippen LogP contribution is 2.18. The van der Waals surface area contributed by atoms with E-state index in [2.05, 4.69) is 15.1 Å². The molecule has 3 heterocycles. The van der Waals surface area contributed by atoms with Crippen LogP contribution in [0.1, 0.15) is 40.9 Å². The van der Waals surface area contributed by atoms with E-state index in [0.717, 1.165) is 4.88 Å². The molecule has 0 atom stereocenters. The Morgan fingerprint density at radius 2 is 2.22 bits per heavy atom. The van der Waals surface area contributed by atoms with Crippen molar-refractivity contribution < 1.29 is 9.90 Å². The molecule has 3 aromatic heterocycles. The number of hydrogen-bond donors (Lipinski definition) is 2. The summed E-state index contributed by atoms with van der Waals surface area (Å²) < 4.78 is 1.69. The van der Waals surface area contributed by atoms with Crippen molar-refractivity contribution in [2.75, 3.05) is 0 Å². The molecule has 0 aliphatic heterocycles. The van der Waals surface area contributed by atoms with Gasteiger partial charge in [-0.25, -0.2) is 14.5 Å². The van der Waals surface area contributed by atoms with Crippen LogP contribution >= 0.6 is 11.3 Å². The van der Waals surface area contributed by atoms with Crippen LogP contribution in [0.4, 0.5) is 0 Å². The molecule has 7 nitrogen and oxygen atoms in total. The van der Waals surface area contributed by atoms with Crippen LogP contribution in [0.3, 0.4) is 0 Å². The fourth-order valence-electron chi connectivity index (χ4n) is 2.12. The van der Waals surface area contributed by atoms with Crippen molar-refractivity contribution in [1.29, 1.82) is 0 Å². The second-order valence-corrected chi connectivity index (χ2v) is 6.19. The maximum atomic E-state index is 12.1. The van der Waals surface area contributed by atoms with E-state index < -0.39 is 5.97 Å². The van der Waals surface area contributed by atoms with Gasteiger partial charge in [0.2, 0.25) is 0 Å². The first-order chi connectivity index (χ1) is 11.0. The Morgan fingerprint density at radius 3 is 2.87 bits per heavy atom. The number of H-pyrrole nitrogens is 1. The number of hydrogen-bond acceptors (Lipinski definition) is 5. The van der Waals surface area contributed by atoms with Crippen molar-refractivity contribution in [2.45, 2.75) is 19.9 Å². The molecule has 8 heteroatoms. The Labute approximate surface area is 134 Å². The van der Waals surface area contributed by atoms with Gasteiger partial charge in [-0.2, -0.15) is 5.10 Å². The standard InChI is InChI=1S/C15H14N4O3S/c1-8(2)19-13-11(6-16-19)14(20)18-12(17-13)4-3-10-5-9(7-23-10)15(21)22/h3-8H,1-2H3,(H,21,22)(H,17,18,20)/b4-3+. The molecule has 0 saturated carbocycles. The molecule has 3 aromatic rings. The molecule has 2 N–H and O–H groups in total. The van der Waals surface area contributed by atoms with Gasteiger partial charge < -0.3 is 10.1 Å². The molecule has 118 valence electrons. The first kappa shape index (κ1) is 15.2. The predicted molar refractivity (Wildman–Crippen MR) is 88.7 cm³/mol. The lowest BCUT2D eigenvalue weighted by Crippen LogP contribution is -2.11. The van der Waals surface area contributed by atoms with Gasteiger partial charge in [-0.3, -0.25) is 4.79 Å².